The summed E-state index contributed by atoms with van der Waals surface area (Å²) < 4.78 is 5.27. The summed E-state index contributed by atoms with van der Waals surface area (Å²) in [5.41, 5.74) is 6.94. The molecule has 0 bridgehead atoms. The lowest BCUT2D eigenvalue weighted by Crippen LogP contribution is -2.44. The summed E-state index contributed by atoms with van der Waals surface area (Å²) in [6.07, 6.45) is 5.67. The van der Waals surface area contributed by atoms with Crippen LogP contribution in [0, 0.1) is 0 Å². The third-order valence-corrected chi connectivity index (χ3v) is 4.59. The van der Waals surface area contributed by atoms with Gasteiger partial charge in [-0.3, -0.25) is 4.98 Å². The summed E-state index contributed by atoms with van der Waals surface area (Å²) in [5.74, 6) is 3.21. The van der Waals surface area contributed by atoms with Gasteiger partial charge in [0.2, 0.25) is 5.89 Å². The van der Waals surface area contributed by atoms with Crippen molar-refractivity contribution in [2.45, 2.75) is 37.0 Å². The Morgan fingerprint density at radius 2 is 2.25 bits per heavy atom. The monoisotopic (exact) mass is 290 g/mol. The van der Waals surface area contributed by atoms with Gasteiger partial charge in [-0.05, 0) is 31.4 Å². The molecule has 3 rings (SSSR count). The van der Waals surface area contributed by atoms with Crippen LogP contribution in [-0.4, -0.2) is 20.9 Å². The Morgan fingerprint density at radius 1 is 1.35 bits per heavy atom. The summed E-state index contributed by atoms with van der Waals surface area (Å²) in [5, 5.41) is 4.01. The zero-order valence-corrected chi connectivity index (χ0v) is 12.1. The minimum absolute atomic E-state index is 0.331. The molecule has 0 radical (unpaired) electrons. The minimum Gasteiger partial charge on any atom is -0.339 e. The second-order valence-corrected chi connectivity index (χ2v) is 6.25. The normalized spacial score (nSPS) is 16.9. The average Bonchev–Trinajstić information content (AvgIpc) is 2.91. The number of hydrogen-bond acceptors (Lipinski definition) is 6. The third-order valence-electron chi connectivity index (χ3n) is 3.60. The Labute approximate surface area is 122 Å². The Morgan fingerprint density at radius 3 is 2.95 bits per heavy atom. The van der Waals surface area contributed by atoms with Gasteiger partial charge >= 0.3 is 0 Å². The van der Waals surface area contributed by atoms with E-state index in [9.17, 15) is 0 Å². The number of thioether (sulfide) groups is 1. The quantitative estimate of drug-likeness (QED) is 0.822. The van der Waals surface area contributed by atoms with Gasteiger partial charge in [-0.2, -0.15) is 16.7 Å². The number of nitrogens with zero attached hydrogens (tertiary/aromatic N) is 3. The van der Waals surface area contributed by atoms with Crippen LogP contribution < -0.4 is 5.73 Å². The summed E-state index contributed by atoms with van der Waals surface area (Å²) in [6, 6.07) is 5.97. The highest BCUT2D eigenvalue weighted by Crippen LogP contribution is 2.36. The van der Waals surface area contributed by atoms with Gasteiger partial charge < -0.3 is 10.3 Å². The van der Waals surface area contributed by atoms with Crippen molar-refractivity contribution in [3.63, 3.8) is 0 Å². The maximum Gasteiger partial charge on any atom is 0.227 e. The van der Waals surface area contributed by atoms with E-state index in [4.69, 9.17) is 10.3 Å². The minimum atomic E-state index is -0.331. The number of pyridine rings is 1. The lowest BCUT2D eigenvalue weighted by molar-refractivity contribution is 0.229. The van der Waals surface area contributed by atoms with Gasteiger partial charge in [-0.15, -0.1) is 0 Å². The highest BCUT2D eigenvalue weighted by Gasteiger charge is 2.38. The molecule has 0 aliphatic heterocycles. The number of aromatic nitrogens is 3. The predicted molar refractivity (Wildman–Crippen MR) is 78.1 cm³/mol. The molecule has 0 unspecified atom stereocenters. The standard InChI is InChI=1S/C14H18N4OS/c15-14(6-3-7-14)13-17-12(19-18-13)5-9-20-10-11-4-1-2-8-16-11/h1-2,4,8H,3,5-7,9-10,15H2. The van der Waals surface area contributed by atoms with Gasteiger partial charge in [0.15, 0.2) is 5.82 Å². The van der Waals surface area contributed by atoms with Crippen molar-refractivity contribution >= 4 is 11.8 Å². The van der Waals surface area contributed by atoms with Crippen molar-refractivity contribution in [1.82, 2.24) is 15.1 Å². The van der Waals surface area contributed by atoms with E-state index in [0.717, 1.165) is 42.9 Å². The average molecular weight is 290 g/mol. The van der Waals surface area contributed by atoms with E-state index in [2.05, 4.69) is 15.1 Å². The molecule has 6 heteroatoms. The molecule has 1 aliphatic carbocycles. The molecule has 0 atom stereocenters. The van der Waals surface area contributed by atoms with E-state index in [1.807, 2.05) is 36.2 Å². The largest absolute Gasteiger partial charge is 0.339 e. The molecular formula is C14H18N4OS. The van der Waals surface area contributed by atoms with Gasteiger partial charge in [0.05, 0.1) is 11.2 Å². The van der Waals surface area contributed by atoms with Crippen LogP contribution >= 0.6 is 11.8 Å². The maximum atomic E-state index is 6.17. The number of nitrogens with two attached hydrogens (primary N) is 1. The van der Waals surface area contributed by atoms with E-state index in [0.29, 0.717) is 11.7 Å². The van der Waals surface area contributed by atoms with Gasteiger partial charge in [0, 0.05) is 24.1 Å². The van der Waals surface area contributed by atoms with Crippen LogP contribution in [0.2, 0.25) is 0 Å². The molecule has 1 aliphatic rings. The van der Waals surface area contributed by atoms with Crippen molar-refractivity contribution in [2.24, 2.45) is 5.73 Å². The highest BCUT2D eigenvalue weighted by molar-refractivity contribution is 7.98. The molecule has 0 aromatic carbocycles. The molecule has 2 heterocycles. The van der Waals surface area contributed by atoms with E-state index in [1.165, 1.54) is 0 Å². The van der Waals surface area contributed by atoms with E-state index in [-0.39, 0.29) is 5.54 Å². The first-order valence-corrected chi connectivity index (χ1v) is 8.01. The summed E-state index contributed by atoms with van der Waals surface area (Å²) in [6.45, 7) is 0. The van der Waals surface area contributed by atoms with Crippen molar-refractivity contribution < 1.29 is 4.52 Å². The van der Waals surface area contributed by atoms with Crippen LogP contribution in [0.15, 0.2) is 28.9 Å². The second-order valence-electron chi connectivity index (χ2n) is 5.15. The first-order chi connectivity index (χ1) is 9.76. The Hall–Kier alpha value is -1.40. The molecule has 1 saturated carbocycles. The van der Waals surface area contributed by atoms with Crippen LogP contribution in [0.5, 0.6) is 0 Å². The van der Waals surface area contributed by atoms with Crippen LogP contribution in [0.25, 0.3) is 0 Å². The van der Waals surface area contributed by atoms with Crippen LogP contribution in [0.1, 0.15) is 36.7 Å². The Bertz CT molecular complexity index is 553. The van der Waals surface area contributed by atoms with Crippen molar-refractivity contribution in [1.29, 1.82) is 0 Å². The van der Waals surface area contributed by atoms with Gasteiger partial charge in [-0.1, -0.05) is 11.2 Å². The fourth-order valence-corrected chi connectivity index (χ4v) is 3.00. The van der Waals surface area contributed by atoms with E-state index < -0.39 is 0 Å². The first-order valence-electron chi connectivity index (χ1n) is 6.86. The fraction of sp³-hybridized carbons (Fsp3) is 0.500. The molecule has 2 N–H and O–H groups in total. The smallest absolute Gasteiger partial charge is 0.227 e. The summed E-state index contributed by atoms with van der Waals surface area (Å²) >= 11 is 1.82. The van der Waals surface area contributed by atoms with Crippen LogP contribution in [0.4, 0.5) is 0 Å². The fourth-order valence-electron chi connectivity index (χ4n) is 2.16. The first kappa shape index (κ1) is 13.6. The molecular weight excluding hydrogens is 272 g/mol. The molecule has 0 saturated heterocycles. The highest BCUT2D eigenvalue weighted by atomic mass is 32.2. The molecule has 1 fully saturated rings. The molecule has 5 nitrogen and oxygen atoms in total. The Balaban J connectivity index is 1.45. The molecule has 20 heavy (non-hydrogen) atoms. The van der Waals surface area contributed by atoms with E-state index >= 15 is 0 Å². The molecule has 2 aromatic rings. The SMILES string of the molecule is NC1(c2noc(CCSCc3ccccn3)n2)CCC1. The van der Waals surface area contributed by atoms with Gasteiger partial charge in [-0.25, -0.2) is 0 Å². The molecule has 0 amide bonds. The van der Waals surface area contributed by atoms with Crippen LogP contribution in [0.3, 0.4) is 0 Å². The van der Waals surface area contributed by atoms with Crippen molar-refractivity contribution in [2.75, 3.05) is 5.75 Å². The maximum absolute atomic E-state index is 6.17. The van der Waals surface area contributed by atoms with Crippen molar-refractivity contribution in [3.8, 4) is 0 Å². The topological polar surface area (TPSA) is 77.8 Å². The van der Waals surface area contributed by atoms with Gasteiger partial charge in [0.25, 0.3) is 0 Å². The third kappa shape index (κ3) is 3.02. The molecule has 0 spiro atoms. The lowest BCUT2D eigenvalue weighted by atomic mass is 9.77. The number of rotatable bonds is 6. The summed E-state index contributed by atoms with van der Waals surface area (Å²) in [4.78, 5) is 8.71. The number of aryl methyl sites for hydroxylation is 1. The van der Waals surface area contributed by atoms with Crippen molar-refractivity contribution in [3.05, 3.63) is 41.8 Å². The Kier molecular flexibility index (Phi) is 4.03. The molecule has 106 valence electrons. The van der Waals surface area contributed by atoms with Gasteiger partial charge in [0.1, 0.15) is 0 Å². The summed E-state index contributed by atoms with van der Waals surface area (Å²) in [7, 11) is 0. The lowest BCUT2D eigenvalue weighted by Gasteiger charge is -2.34. The van der Waals surface area contributed by atoms with E-state index in [1.54, 1.807) is 0 Å². The molecule has 2 aromatic heterocycles. The second kappa shape index (κ2) is 5.93. The zero-order valence-electron chi connectivity index (χ0n) is 11.3. The number of hydrogen-bond donors (Lipinski definition) is 1. The van der Waals surface area contributed by atoms with Crippen LogP contribution in [-0.2, 0) is 17.7 Å². The zero-order chi connectivity index (χ0) is 13.8. The predicted octanol–water partition coefficient (Wildman–Crippen LogP) is 2.28.